The van der Waals surface area contributed by atoms with Crippen molar-refractivity contribution in [2.75, 3.05) is 44.0 Å². The molecule has 1 heterocycles. The zero-order valence-corrected chi connectivity index (χ0v) is 13.1. The summed E-state index contributed by atoms with van der Waals surface area (Å²) in [6, 6.07) is 6.48. The quantitative estimate of drug-likeness (QED) is 0.744. The minimum absolute atomic E-state index is 0.750. The van der Waals surface area contributed by atoms with E-state index in [-0.39, 0.29) is 0 Å². The molecular weight excluding hydrogens is 272 g/mol. The molecule has 0 aromatic heterocycles. The van der Waals surface area contributed by atoms with E-state index < -0.39 is 0 Å². The zero-order valence-electron chi connectivity index (χ0n) is 12.3. The molecule has 0 unspecified atom stereocenters. The van der Waals surface area contributed by atoms with Gasteiger partial charge in [-0.3, -0.25) is 0 Å². The molecular formula is C16H25ClN2O. The van der Waals surface area contributed by atoms with Crippen LogP contribution in [0.3, 0.4) is 0 Å². The van der Waals surface area contributed by atoms with E-state index in [1.54, 1.807) is 0 Å². The highest BCUT2D eigenvalue weighted by molar-refractivity contribution is 6.17. The van der Waals surface area contributed by atoms with Crippen molar-refractivity contribution in [3.63, 3.8) is 0 Å². The van der Waals surface area contributed by atoms with Crippen LogP contribution in [-0.4, -0.2) is 43.6 Å². The normalized spacial score (nSPS) is 13.8. The summed E-state index contributed by atoms with van der Waals surface area (Å²) in [5.41, 5.74) is 2.50. The van der Waals surface area contributed by atoms with Gasteiger partial charge in [-0.1, -0.05) is 13.0 Å². The topological polar surface area (TPSA) is 24.5 Å². The van der Waals surface area contributed by atoms with Gasteiger partial charge in [0.2, 0.25) is 0 Å². The maximum Gasteiger partial charge on any atom is 0.142 e. The number of anilines is 1. The lowest BCUT2D eigenvalue weighted by molar-refractivity contribution is 0.278. The van der Waals surface area contributed by atoms with E-state index in [1.165, 1.54) is 12.0 Å². The Bertz CT molecular complexity index is 411. The van der Waals surface area contributed by atoms with E-state index in [0.717, 1.165) is 62.9 Å². The SMILES string of the molecule is CCCN(CCCCl)CCc1ccc2c(c1)NCCO2. The molecule has 112 valence electrons. The Balaban J connectivity index is 1.88. The van der Waals surface area contributed by atoms with Crippen molar-refractivity contribution < 1.29 is 4.74 Å². The molecule has 0 fully saturated rings. The molecule has 0 amide bonds. The van der Waals surface area contributed by atoms with Gasteiger partial charge in [0.15, 0.2) is 0 Å². The minimum Gasteiger partial charge on any atom is -0.490 e. The van der Waals surface area contributed by atoms with Gasteiger partial charge in [0.1, 0.15) is 12.4 Å². The molecule has 0 saturated carbocycles. The monoisotopic (exact) mass is 296 g/mol. The lowest BCUT2D eigenvalue weighted by atomic mass is 10.1. The second-order valence-corrected chi connectivity index (χ2v) is 5.62. The third-order valence-electron chi connectivity index (χ3n) is 3.58. The molecule has 0 saturated heterocycles. The van der Waals surface area contributed by atoms with Gasteiger partial charge in [0.05, 0.1) is 5.69 Å². The second kappa shape index (κ2) is 8.38. The number of alkyl halides is 1. The van der Waals surface area contributed by atoms with E-state index in [1.807, 2.05) is 0 Å². The number of halogens is 1. The maximum atomic E-state index is 5.79. The molecule has 0 bridgehead atoms. The Morgan fingerprint density at radius 3 is 3.00 bits per heavy atom. The van der Waals surface area contributed by atoms with Crippen LogP contribution in [-0.2, 0) is 6.42 Å². The highest BCUT2D eigenvalue weighted by Gasteiger charge is 2.10. The van der Waals surface area contributed by atoms with Crippen molar-refractivity contribution in [3.8, 4) is 5.75 Å². The Hall–Kier alpha value is -0.930. The Kier molecular flexibility index (Phi) is 6.48. The van der Waals surface area contributed by atoms with Crippen LogP contribution in [0.5, 0.6) is 5.75 Å². The van der Waals surface area contributed by atoms with Gasteiger partial charge in [-0.2, -0.15) is 0 Å². The fourth-order valence-electron chi connectivity index (χ4n) is 2.57. The molecule has 1 aromatic rings. The molecule has 3 nitrogen and oxygen atoms in total. The van der Waals surface area contributed by atoms with E-state index >= 15 is 0 Å². The van der Waals surface area contributed by atoms with E-state index in [4.69, 9.17) is 16.3 Å². The van der Waals surface area contributed by atoms with Crippen LogP contribution in [0.2, 0.25) is 0 Å². The van der Waals surface area contributed by atoms with E-state index in [2.05, 4.69) is 35.3 Å². The van der Waals surface area contributed by atoms with Crippen molar-refractivity contribution in [1.29, 1.82) is 0 Å². The first-order chi connectivity index (χ1) is 9.83. The van der Waals surface area contributed by atoms with E-state index in [9.17, 15) is 0 Å². The lowest BCUT2D eigenvalue weighted by Crippen LogP contribution is -2.28. The summed E-state index contributed by atoms with van der Waals surface area (Å²) in [5, 5.41) is 3.39. The summed E-state index contributed by atoms with van der Waals surface area (Å²) in [7, 11) is 0. The fraction of sp³-hybridized carbons (Fsp3) is 0.625. The van der Waals surface area contributed by atoms with Crippen LogP contribution >= 0.6 is 11.6 Å². The first-order valence-electron chi connectivity index (χ1n) is 7.61. The second-order valence-electron chi connectivity index (χ2n) is 5.24. The van der Waals surface area contributed by atoms with E-state index in [0.29, 0.717) is 0 Å². The third-order valence-corrected chi connectivity index (χ3v) is 3.85. The molecule has 1 aromatic carbocycles. The smallest absolute Gasteiger partial charge is 0.142 e. The van der Waals surface area contributed by atoms with Crippen molar-refractivity contribution in [1.82, 2.24) is 4.90 Å². The van der Waals surface area contributed by atoms with Crippen molar-refractivity contribution >= 4 is 17.3 Å². The summed E-state index contributed by atoms with van der Waals surface area (Å²) in [5.74, 6) is 1.73. The van der Waals surface area contributed by atoms with Gasteiger partial charge in [-0.25, -0.2) is 0 Å². The van der Waals surface area contributed by atoms with Gasteiger partial charge in [-0.05, 0) is 50.0 Å². The predicted molar refractivity (Wildman–Crippen MR) is 86.2 cm³/mol. The summed E-state index contributed by atoms with van der Waals surface area (Å²) in [6.07, 6.45) is 3.35. The average molecular weight is 297 g/mol. The number of fused-ring (bicyclic) bond motifs is 1. The summed E-state index contributed by atoms with van der Waals surface area (Å²) in [6.45, 7) is 7.24. The molecule has 20 heavy (non-hydrogen) atoms. The standard InChI is InChI=1S/C16H25ClN2O/c1-2-9-19(10-3-7-17)11-6-14-4-5-16-15(13-14)18-8-12-20-16/h4-5,13,18H,2-3,6-12H2,1H3. The zero-order chi connectivity index (χ0) is 14.2. The van der Waals surface area contributed by atoms with Gasteiger partial charge < -0.3 is 15.0 Å². The van der Waals surface area contributed by atoms with Crippen molar-refractivity contribution in [2.45, 2.75) is 26.2 Å². The number of nitrogens with zero attached hydrogens (tertiary/aromatic N) is 1. The molecule has 0 radical (unpaired) electrons. The van der Waals surface area contributed by atoms with Gasteiger partial charge >= 0.3 is 0 Å². The lowest BCUT2D eigenvalue weighted by Gasteiger charge is -2.22. The van der Waals surface area contributed by atoms with Crippen LogP contribution in [0.15, 0.2) is 18.2 Å². The largest absolute Gasteiger partial charge is 0.490 e. The first-order valence-corrected chi connectivity index (χ1v) is 8.15. The van der Waals surface area contributed by atoms with Crippen molar-refractivity contribution in [2.24, 2.45) is 0 Å². The molecule has 4 heteroatoms. The molecule has 0 spiro atoms. The number of hydrogen-bond donors (Lipinski definition) is 1. The maximum absolute atomic E-state index is 5.79. The van der Waals surface area contributed by atoms with Crippen LogP contribution in [0.1, 0.15) is 25.3 Å². The predicted octanol–water partition coefficient (Wildman–Crippen LogP) is 3.37. The summed E-state index contributed by atoms with van der Waals surface area (Å²) < 4.78 is 5.61. The molecule has 2 rings (SSSR count). The third kappa shape index (κ3) is 4.57. The molecule has 1 N–H and O–H groups in total. The van der Waals surface area contributed by atoms with Crippen LogP contribution in [0.4, 0.5) is 5.69 Å². The Morgan fingerprint density at radius 2 is 2.20 bits per heavy atom. The summed E-state index contributed by atoms with van der Waals surface area (Å²) in [4.78, 5) is 2.51. The Labute approximate surface area is 127 Å². The van der Waals surface area contributed by atoms with Crippen LogP contribution in [0.25, 0.3) is 0 Å². The highest BCUT2D eigenvalue weighted by Crippen LogP contribution is 2.28. The molecule has 1 aliphatic heterocycles. The van der Waals surface area contributed by atoms with Gasteiger partial charge in [0, 0.05) is 19.0 Å². The number of rotatable bonds is 8. The minimum atomic E-state index is 0.750. The fourth-order valence-corrected chi connectivity index (χ4v) is 2.69. The molecule has 1 aliphatic rings. The first kappa shape index (κ1) is 15.5. The Morgan fingerprint density at radius 1 is 1.30 bits per heavy atom. The molecule has 0 aliphatic carbocycles. The van der Waals surface area contributed by atoms with Gasteiger partial charge in [-0.15, -0.1) is 11.6 Å². The van der Waals surface area contributed by atoms with Crippen molar-refractivity contribution in [3.05, 3.63) is 23.8 Å². The average Bonchev–Trinajstić information content (AvgIpc) is 2.50. The highest BCUT2D eigenvalue weighted by atomic mass is 35.5. The number of ether oxygens (including phenoxy) is 1. The van der Waals surface area contributed by atoms with Gasteiger partial charge in [0.25, 0.3) is 0 Å². The number of hydrogen-bond acceptors (Lipinski definition) is 3. The number of nitrogens with one attached hydrogen (secondary N) is 1. The van der Waals surface area contributed by atoms with Crippen LogP contribution < -0.4 is 10.1 Å². The van der Waals surface area contributed by atoms with Crippen LogP contribution in [0, 0.1) is 0 Å². The molecule has 0 atom stereocenters. The number of benzene rings is 1. The summed E-state index contributed by atoms with van der Waals surface area (Å²) >= 11 is 5.79.